The van der Waals surface area contributed by atoms with Gasteiger partial charge in [-0.2, -0.15) is 0 Å². The zero-order valence-electron chi connectivity index (χ0n) is 15.3. The zero-order valence-corrected chi connectivity index (χ0v) is 15.3. The second-order valence-corrected chi connectivity index (χ2v) is 6.54. The van der Waals surface area contributed by atoms with Crippen molar-refractivity contribution in [3.63, 3.8) is 0 Å². The highest BCUT2D eigenvalue weighted by Gasteiger charge is 2.35. The Morgan fingerprint density at radius 3 is 2.46 bits per heavy atom. The molecule has 0 aliphatic carbocycles. The average molecular weight is 357 g/mol. The number of aliphatic carboxylic acids is 1. The Balaban J connectivity index is 2.36. The van der Waals surface area contributed by atoms with Gasteiger partial charge >= 0.3 is 11.9 Å². The summed E-state index contributed by atoms with van der Waals surface area (Å²) in [5.41, 5.74) is 0.718. The van der Waals surface area contributed by atoms with E-state index < -0.39 is 23.6 Å². The molecule has 3 unspecified atom stereocenters. The molecule has 3 atom stereocenters. The van der Waals surface area contributed by atoms with E-state index in [0.717, 1.165) is 10.9 Å². The summed E-state index contributed by atoms with van der Waals surface area (Å²) < 4.78 is 5.15. The average Bonchev–Trinajstić information content (AvgIpc) is 2.57. The van der Waals surface area contributed by atoms with Crippen molar-refractivity contribution in [3.05, 3.63) is 47.7 Å². The number of esters is 1. The van der Waals surface area contributed by atoms with Crippen LogP contribution >= 0.6 is 0 Å². The highest BCUT2D eigenvalue weighted by atomic mass is 16.5. The van der Waals surface area contributed by atoms with Gasteiger partial charge in [0.1, 0.15) is 11.5 Å². The van der Waals surface area contributed by atoms with Crippen LogP contribution in [0, 0.1) is 5.41 Å². The summed E-state index contributed by atoms with van der Waals surface area (Å²) in [5.74, 6) is -1.47. The van der Waals surface area contributed by atoms with E-state index in [1.54, 1.807) is 19.1 Å². The number of aromatic nitrogens is 1. The van der Waals surface area contributed by atoms with E-state index in [1.807, 2.05) is 24.3 Å². The van der Waals surface area contributed by atoms with Crippen LogP contribution in [0.5, 0.6) is 0 Å². The minimum atomic E-state index is -1.38. The largest absolute Gasteiger partial charge is 0.481 e. The predicted molar refractivity (Wildman–Crippen MR) is 98.4 cm³/mol. The first-order valence-corrected chi connectivity index (χ1v) is 8.32. The van der Waals surface area contributed by atoms with Gasteiger partial charge in [0.25, 0.3) is 0 Å². The number of carboxylic acids is 1. The van der Waals surface area contributed by atoms with E-state index in [9.17, 15) is 19.8 Å². The molecule has 0 spiro atoms. The fourth-order valence-corrected chi connectivity index (χ4v) is 2.45. The second kappa shape index (κ2) is 7.66. The maximum absolute atomic E-state index is 11.4. The number of carboxylic acid groups (broad SMARTS) is 1. The van der Waals surface area contributed by atoms with Crippen LogP contribution in [-0.4, -0.2) is 33.2 Å². The molecule has 0 fully saturated rings. The van der Waals surface area contributed by atoms with Gasteiger partial charge in [0.05, 0.1) is 17.3 Å². The Kier molecular flexibility index (Phi) is 5.77. The van der Waals surface area contributed by atoms with Crippen LogP contribution in [0.3, 0.4) is 0 Å². The van der Waals surface area contributed by atoms with Crippen LogP contribution < -0.4 is 0 Å². The number of ether oxygens (including phenoxy) is 1. The Morgan fingerprint density at radius 1 is 1.23 bits per heavy atom. The van der Waals surface area contributed by atoms with E-state index >= 15 is 0 Å². The Bertz CT molecular complexity index is 858. The summed E-state index contributed by atoms with van der Waals surface area (Å²) in [4.78, 5) is 27.1. The van der Waals surface area contributed by atoms with Crippen molar-refractivity contribution < 1.29 is 24.5 Å². The van der Waals surface area contributed by atoms with Crippen molar-refractivity contribution in [2.24, 2.45) is 5.41 Å². The van der Waals surface area contributed by atoms with Crippen LogP contribution in [0.4, 0.5) is 0 Å². The van der Waals surface area contributed by atoms with Crippen molar-refractivity contribution in [2.75, 3.05) is 0 Å². The van der Waals surface area contributed by atoms with E-state index in [4.69, 9.17) is 4.74 Å². The molecule has 0 aliphatic heterocycles. The fourth-order valence-electron chi connectivity index (χ4n) is 2.45. The van der Waals surface area contributed by atoms with E-state index in [1.165, 1.54) is 26.8 Å². The van der Waals surface area contributed by atoms with E-state index in [2.05, 4.69) is 4.98 Å². The summed E-state index contributed by atoms with van der Waals surface area (Å²) in [7, 11) is 0. The molecule has 2 N–H and O–H groups in total. The molecule has 2 rings (SSSR count). The smallest absolute Gasteiger partial charge is 0.315 e. The molecular weight excluding hydrogens is 334 g/mol. The standard InChI is InChI=1S/C20H23NO5/c1-12(26-14(3)23)17-8-7-16-6-5-15(11-18(16)21-17)9-10-20(4,13(2)22)19(24)25/h5-13,22H,1-4H3,(H,24,25). The third-order valence-corrected chi connectivity index (χ3v) is 4.45. The minimum Gasteiger partial charge on any atom is -0.481 e. The first-order valence-electron chi connectivity index (χ1n) is 8.32. The molecule has 0 aliphatic rings. The Morgan fingerprint density at radius 2 is 1.88 bits per heavy atom. The topological polar surface area (TPSA) is 96.7 Å². The lowest BCUT2D eigenvalue weighted by atomic mass is 9.84. The van der Waals surface area contributed by atoms with E-state index in [0.29, 0.717) is 11.2 Å². The number of nitrogens with zero attached hydrogens (tertiary/aromatic N) is 1. The fraction of sp³-hybridized carbons (Fsp3) is 0.350. The van der Waals surface area contributed by atoms with Gasteiger partial charge in [-0.1, -0.05) is 30.4 Å². The van der Waals surface area contributed by atoms with Crippen molar-refractivity contribution in [1.82, 2.24) is 4.98 Å². The molecular formula is C20H23NO5. The first-order chi connectivity index (χ1) is 12.1. The zero-order chi connectivity index (χ0) is 19.5. The van der Waals surface area contributed by atoms with Gasteiger partial charge in [-0.05, 0) is 38.5 Å². The van der Waals surface area contributed by atoms with Gasteiger partial charge in [-0.15, -0.1) is 0 Å². The lowest BCUT2D eigenvalue weighted by Crippen LogP contribution is -2.36. The van der Waals surface area contributed by atoms with Crippen LogP contribution in [0.25, 0.3) is 17.0 Å². The second-order valence-electron chi connectivity index (χ2n) is 6.54. The maximum Gasteiger partial charge on any atom is 0.315 e. The van der Waals surface area contributed by atoms with Crippen LogP contribution in [0.2, 0.25) is 0 Å². The molecule has 0 amide bonds. The lowest BCUT2D eigenvalue weighted by Gasteiger charge is -2.23. The van der Waals surface area contributed by atoms with Crippen molar-refractivity contribution in [1.29, 1.82) is 0 Å². The van der Waals surface area contributed by atoms with Crippen molar-refractivity contribution in [3.8, 4) is 0 Å². The van der Waals surface area contributed by atoms with Crippen LogP contribution in [0.1, 0.15) is 45.1 Å². The van der Waals surface area contributed by atoms with Crippen LogP contribution in [0.15, 0.2) is 36.4 Å². The number of hydrogen-bond acceptors (Lipinski definition) is 5. The monoisotopic (exact) mass is 357 g/mol. The molecule has 2 aromatic rings. The van der Waals surface area contributed by atoms with Crippen molar-refractivity contribution >= 4 is 28.9 Å². The van der Waals surface area contributed by atoms with Gasteiger partial charge in [0, 0.05) is 12.3 Å². The number of carbonyl (C=O) groups is 2. The summed E-state index contributed by atoms with van der Waals surface area (Å²) in [5, 5.41) is 20.0. The van der Waals surface area contributed by atoms with Crippen molar-refractivity contribution in [2.45, 2.75) is 39.9 Å². The summed E-state index contributed by atoms with van der Waals surface area (Å²) in [6, 6.07) is 9.24. The molecule has 0 saturated carbocycles. The van der Waals surface area contributed by atoms with Gasteiger partial charge in [0.15, 0.2) is 0 Å². The summed E-state index contributed by atoms with van der Waals surface area (Å²) in [6.07, 6.45) is 1.64. The highest BCUT2D eigenvalue weighted by Crippen LogP contribution is 2.26. The first kappa shape index (κ1) is 19.6. The number of carbonyl (C=O) groups excluding carboxylic acids is 1. The summed E-state index contributed by atoms with van der Waals surface area (Å²) >= 11 is 0. The quantitative estimate of drug-likeness (QED) is 0.770. The molecule has 26 heavy (non-hydrogen) atoms. The van der Waals surface area contributed by atoms with E-state index in [-0.39, 0.29) is 5.97 Å². The third-order valence-electron chi connectivity index (χ3n) is 4.45. The molecule has 0 radical (unpaired) electrons. The third kappa shape index (κ3) is 4.26. The number of pyridine rings is 1. The molecule has 0 saturated heterocycles. The van der Waals surface area contributed by atoms with Gasteiger partial charge in [-0.25, -0.2) is 4.98 Å². The Hall–Kier alpha value is -2.73. The highest BCUT2D eigenvalue weighted by molar-refractivity contribution is 5.83. The number of fused-ring (bicyclic) bond motifs is 1. The SMILES string of the molecule is CC(=O)OC(C)c1ccc2ccc(C=CC(C)(C(=O)O)C(C)O)cc2n1. The number of rotatable bonds is 6. The Labute approximate surface area is 152 Å². The molecule has 6 heteroatoms. The number of aliphatic hydroxyl groups excluding tert-OH is 1. The molecule has 0 bridgehead atoms. The number of hydrogen-bond donors (Lipinski definition) is 2. The lowest BCUT2D eigenvalue weighted by molar-refractivity contribution is -0.150. The molecule has 6 nitrogen and oxygen atoms in total. The molecule has 1 heterocycles. The molecule has 1 aromatic carbocycles. The van der Waals surface area contributed by atoms with Gasteiger partial charge < -0.3 is 14.9 Å². The minimum absolute atomic E-state index is 0.373. The van der Waals surface area contributed by atoms with Crippen LogP contribution in [-0.2, 0) is 14.3 Å². The molecule has 1 aromatic heterocycles. The van der Waals surface area contributed by atoms with Gasteiger partial charge in [-0.3, -0.25) is 9.59 Å². The predicted octanol–water partition coefficient (Wildman–Crippen LogP) is 3.34. The summed E-state index contributed by atoms with van der Waals surface area (Å²) in [6.45, 7) is 6.01. The number of benzene rings is 1. The maximum atomic E-state index is 11.4. The normalized spacial score (nSPS) is 16.2. The molecule has 138 valence electrons. The number of aliphatic hydroxyl groups is 1. The van der Waals surface area contributed by atoms with Gasteiger partial charge in [0.2, 0.25) is 0 Å².